The zero-order valence-corrected chi connectivity index (χ0v) is 42.9. The Morgan fingerprint density at radius 1 is 0.318 bits per heavy atom. The van der Waals surface area contributed by atoms with Gasteiger partial charge in [-0.1, -0.05) is 234 Å². The molecule has 0 aliphatic rings. The van der Waals surface area contributed by atoms with Crippen LogP contribution in [0.25, 0.3) is 0 Å². The topological polar surface area (TPSA) is 78.9 Å². The number of carbonyl (C=O) groups is 3. The lowest BCUT2D eigenvalue weighted by molar-refractivity contribution is -0.167. The van der Waals surface area contributed by atoms with Gasteiger partial charge in [0, 0.05) is 19.3 Å². The van der Waals surface area contributed by atoms with Gasteiger partial charge in [-0.05, 0) is 89.9 Å². The van der Waals surface area contributed by atoms with Crippen molar-refractivity contribution in [1.82, 2.24) is 0 Å². The summed E-state index contributed by atoms with van der Waals surface area (Å²) >= 11 is 0. The van der Waals surface area contributed by atoms with Crippen molar-refractivity contribution in [3.8, 4) is 0 Å². The van der Waals surface area contributed by atoms with Crippen LogP contribution in [0.1, 0.15) is 245 Å². The summed E-state index contributed by atoms with van der Waals surface area (Å²) in [5.74, 6) is -0.976. The fraction of sp³-hybridized carbons (Fsp3) is 0.683. The standard InChI is InChI=1S/C60H100O6/c1-4-7-10-13-16-19-22-25-28-30-33-35-38-41-44-47-50-53-59(62)65-56-57(55-64-58(61)52-49-46-43-40-37-34-31-27-24-21-18-15-12-9-6-3)66-60(63)54-51-48-45-42-39-36-32-29-26-23-20-17-14-11-8-5-2/h7,9-10,12,16,18-19,21,25,27-28,31,33,35,41,44,57H,4-6,8,11,13-15,17,20,22-24,26,29-30,32,34,36-40,42-43,45-56H2,1-3H3/b10-7-,12-9-,19-16-,21-18-,28-25-,31-27-,35-33-,44-41-/t57-/m1/s1. The summed E-state index contributed by atoms with van der Waals surface area (Å²) in [6, 6.07) is 0. The number of ether oxygens (including phenoxy) is 3. The first-order valence-corrected chi connectivity index (χ1v) is 27.2. The van der Waals surface area contributed by atoms with Crippen LogP contribution in [0.15, 0.2) is 97.2 Å². The molecule has 6 heteroatoms. The maximum atomic E-state index is 12.8. The fourth-order valence-corrected chi connectivity index (χ4v) is 7.32. The van der Waals surface area contributed by atoms with Gasteiger partial charge in [0.15, 0.2) is 6.10 Å². The summed E-state index contributed by atoms with van der Waals surface area (Å²) in [7, 11) is 0. The lowest BCUT2D eigenvalue weighted by atomic mass is 10.0. The van der Waals surface area contributed by atoms with Crippen LogP contribution < -0.4 is 0 Å². The van der Waals surface area contributed by atoms with Gasteiger partial charge < -0.3 is 14.2 Å². The largest absolute Gasteiger partial charge is 0.462 e. The van der Waals surface area contributed by atoms with E-state index in [0.29, 0.717) is 19.3 Å². The van der Waals surface area contributed by atoms with Gasteiger partial charge in [-0.25, -0.2) is 0 Å². The molecule has 0 radical (unpaired) electrons. The first-order valence-electron chi connectivity index (χ1n) is 27.2. The third-order valence-electron chi connectivity index (χ3n) is 11.3. The number of esters is 3. The Morgan fingerprint density at radius 2 is 0.606 bits per heavy atom. The molecule has 0 aromatic carbocycles. The minimum Gasteiger partial charge on any atom is -0.462 e. The van der Waals surface area contributed by atoms with Crippen LogP contribution >= 0.6 is 0 Å². The Morgan fingerprint density at radius 3 is 0.985 bits per heavy atom. The molecule has 66 heavy (non-hydrogen) atoms. The van der Waals surface area contributed by atoms with E-state index in [2.05, 4.69) is 118 Å². The molecule has 0 bridgehead atoms. The molecule has 0 amide bonds. The second-order valence-corrected chi connectivity index (χ2v) is 17.7. The summed E-state index contributed by atoms with van der Waals surface area (Å²) in [5, 5.41) is 0. The highest BCUT2D eigenvalue weighted by Crippen LogP contribution is 2.15. The van der Waals surface area contributed by atoms with Crippen LogP contribution in [0.5, 0.6) is 0 Å². The zero-order valence-electron chi connectivity index (χ0n) is 42.9. The molecule has 0 aromatic rings. The van der Waals surface area contributed by atoms with Gasteiger partial charge in [0.1, 0.15) is 13.2 Å². The van der Waals surface area contributed by atoms with Crippen molar-refractivity contribution in [3.05, 3.63) is 97.2 Å². The van der Waals surface area contributed by atoms with Crippen LogP contribution in [0.3, 0.4) is 0 Å². The van der Waals surface area contributed by atoms with E-state index in [9.17, 15) is 14.4 Å². The quantitative estimate of drug-likeness (QED) is 0.0262. The SMILES string of the molecule is CC/C=C\C/C=C\C/C=C\C/C=C\C/C=C\CCCC(=O)OC[C@@H](COC(=O)CCCCCCC/C=C\C/C=C\C/C=C\CC)OC(=O)CCCCCCCCCCCCCCCCCC. The molecule has 0 spiro atoms. The summed E-state index contributed by atoms with van der Waals surface area (Å²) in [4.78, 5) is 38.1. The number of hydrogen-bond donors (Lipinski definition) is 0. The van der Waals surface area contributed by atoms with Crippen molar-refractivity contribution >= 4 is 17.9 Å². The molecular formula is C60H100O6. The Balaban J connectivity index is 4.49. The van der Waals surface area contributed by atoms with E-state index in [-0.39, 0.29) is 37.5 Å². The van der Waals surface area contributed by atoms with E-state index in [0.717, 1.165) is 116 Å². The van der Waals surface area contributed by atoms with Crippen LogP contribution in [-0.2, 0) is 28.6 Å². The fourth-order valence-electron chi connectivity index (χ4n) is 7.32. The van der Waals surface area contributed by atoms with Crippen LogP contribution in [0, 0.1) is 0 Å². The molecular weight excluding hydrogens is 817 g/mol. The normalized spacial score (nSPS) is 12.8. The van der Waals surface area contributed by atoms with Gasteiger partial charge in [0.25, 0.3) is 0 Å². The summed E-state index contributed by atoms with van der Waals surface area (Å²) in [6.45, 7) is 6.36. The molecule has 0 saturated carbocycles. The third kappa shape index (κ3) is 51.3. The van der Waals surface area contributed by atoms with Gasteiger partial charge >= 0.3 is 17.9 Å². The number of allylic oxidation sites excluding steroid dienone is 16. The Kier molecular flexibility index (Phi) is 50.9. The second-order valence-electron chi connectivity index (χ2n) is 17.7. The Labute approximate surface area is 407 Å². The molecule has 1 atom stereocenters. The minimum atomic E-state index is -0.807. The average molecular weight is 917 g/mol. The predicted octanol–water partition coefficient (Wildman–Crippen LogP) is 18.1. The van der Waals surface area contributed by atoms with Crippen LogP contribution in [0.4, 0.5) is 0 Å². The first-order chi connectivity index (χ1) is 32.5. The molecule has 0 heterocycles. The minimum absolute atomic E-state index is 0.103. The molecule has 0 fully saturated rings. The van der Waals surface area contributed by atoms with E-state index in [4.69, 9.17) is 14.2 Å². The van der Waals surface area contributed by atoms with Crippen molar-refractivity contribution in [2.75, 3.05) is 13.2 Å². The van der Waals surface area contributed by atoms with Gasteiger partial charge in [-0.2, -0.15) is 0 Å². The monoisotopic (exact) mass is 917 g/mol. The van der Waals surface area contributed by atoms with Crippen LogP contribution in [0.2, 0.25) is 0 Å². The molecule has 0 aliphatic carbocycles. The van der Waals surface area contributed by atoms with Crippen molar-refractivity contribution in [3.63, 3.8) is 0 Å². The lowest BCUT2D eigenvalue weighted by Gasteiger charge is -2.18. The number of hydrogen-bond acceptors (Lipinski definition) is 6. The molecule has 0 unspecified atom stereocenters. The molecule has 6 nitrogen and oxygen atoms in total. The summed E-state index contributed by atoms with van der Waals surface area (Å²) < 4.78 is 16.8. The maximum Gasteiger partial charge on any atom is 0.306 e. The van der Waals surface area contributed by atoms with Crippen molar-refractivity contribution in [2.45, 2.75) is 252 Å². The zero-order chi connectivity index (χ0) is 47.9. The highest BCUT2D eigenvalue weighted by atomic mass is 16.6. The Bertz CT molecular complexity index is 1330. The molecule has 0 aromatic heterocycles. The maximum absolute atomic E-state index is 12.8. The summed E-state index contributed by atoms with van der Waals surface area (Å²) in [5.41, 5.74) is 0. The second kappa shape index (κ2) is 53.9. The van der Waals surface area contributed by atoms with Gasteiger partial charge in [-0.3, -0.25) is 14.4 Å². The van der Waals surface area contributed by atoms with Crippen molar-refractivity contribution in [1.29, 1.82) is 0 Å². The highest BCUT2D eigenvalue weighted by Gasteiger charge is 2.19. The molecule has 376 valence electrons. The number of rotatable bonds is 48. The molecule has 0 aliphatic heterocycles. The van der Waals surface area contributed by atoms with Crippen LogP contribution in [-0.4, -0.2) is 37.2 Å². The average Bonchev–Trinajstić information content (AvgIpc) is 3.31. The number of unbranched alkanes of at least 4 members (excludes halogenated alkanes) is 21. The van der Waals surface area contributed by atoms with Gasteiger partial charge in [0.2, 0.25) is 0 Å². The lowest BCUT2D eigenvalue weighted by Crippen LogP contribution is -2.30. The van der Waals surface area contributed by atoms with Crippen molar-refractivity contribution < 1.29 is 28.6 Å². The van der Waals surface area contributed by atoms with E-state index in [1.54, 1.807) is 0 Å². The third-order valence-corrected chi connectivity index (χ3v) is 11.3. The molecule has 0 N–H and O–H groups in total. The van der Waals surface area contributed by atoms with E-state index in [1.165, 1.54) is 83.5 Å². The predicted molar refractivity (Wildman–Crippen MR) is 284 cm³/mol. The molecule has 0 rings (SSSR count). The van der Waals surface area contributed by atoms with E-state index < -0.39 is 6.10 Å². The van der Waals surface area contributed by atoms with E-state index >= 15 is 0 Å². The first kappa shape index (κ1) is 62.3. The van der Waals surface area contributed by atoms with Gasteiger partial charge in [0.05, 0.1) is 0 Å². The summed E-state index contributed by atoms with van der Waals surface area (Å²) in [6.07, 6.45) is 71.1. The van der Waals surface area contributed by atoms with Gasteiger partial charge in [-0.15, -0.1) is 0 Å². The highest BCUT2D eigenvalue weighted by molar-refractivity contribution is 5.71. The Hall–Kier alpha value is -3.67. The smallest absolute Gasteiger partial charge is 0.306 e. The molecule has 0 saturated heterocycles. The number of carbonyl (C=O) groups excluding carboxylic acids is 3. The van der Waals surface area contributed by atoms with Crippen molar-refractivity contribution in [2.24, 2.45) is 0 Å². The van der Waals surface area contributed by atoms with E-state index in [1.807, 2.05) is 0 Å².